The van der Waals surface area contributed by atoms with Gasteiger partial charge in [-0.2, -0.15) is 0 Å². The molecule has 2 rings (SSSR count). The highest BCUT2D eigenvalue weighted by Gasteiger charge is 2.33. The van der Waals surface area contributed by atoms with Crippen LogP contribution in [0.1, 0.15) is 47.0 Å². The van der Waals surface area contributed by atoms with E-state index in [1.807, 2.05) is 7.05 Å². The Labute approximate surface area is 181 Å². The first-order valence-corrected chi connectivity index (χ1v) is 9.85. The summed E-state index contributed by atoms with van der Waals surface area (Å²) in [7, 11) is 1.83. The summed E-state index contributed by atoms with van der Waals surface area (Å²) in [6.45, 7) is 13.3. The first kappa shape index (κ1) is 24.4. The molecule has 0 aromatic carbocycles. The number of morpholine rings is 1. The fourth-order valence-corrected chi connectivity index (χ4v) is 4.12. The van der Waals surface area contributed by atoms with Crippen LogP contribution in [0.2, 0.25) is 0 Å². The Morgan fingerprint density at radius 2 is 1.89 bits per heavy atom. The summed E-state index contributed by atoms with van der Waals surface area (Å²) in [4.78, 5) is 20.5. The molecule has 3 N–H and O–H groups in total. The summed E-state index contributed by atoms with van der Waals surface area (Å²) in [6.07, 6.45) is 3.11. The van der Waals surface area contributed by atoms with Gasteiger partial charge in [0.2, 0.25) is 5.91 Å². The molecule has 3 unspecified atom stereocenters. The van der Waals surface area contributed by atoms with Crippen molar-refractivity contribution in [2.45, 2.75) is 64.7 Å². The molecule has 27 heavy (non-hydrogen) atoms. The molecule has 2 aliphatic rings. The van der Waals surface area contributed by atoms with Gasteiger partial charge in [0, 0.05) is 51.7 Å². The summed E-state index contributed by atoms with van der Waals surface area (Å²) < 4.78 is 5.87. The Morgan fingerprint density at radius 1 is 1.26 bits per heavy atom. The maximum Gasteiger partial charge on any atom is 0.217 e. The van der Waals surface area contributed by atoms with E-state index in [4.69, 9.17) is 10.5 Å². The van der Waals surface area contributed by atoms with Gasteiger partial charge in [0.25, 0.3) is 0 Å². The molecule has 0 aliphatic carbocycles. The number of piperidine rings is 1. The predicted molar refractivity (Wildman–Crippen MR) is 121 cm³/mol. The summed E-state index contributed by atoms with van der Waals surface area (Å²) >= 11 is 0. The lowest BCUT2D eigenvalue weighted by Gasteiger charge is -2.45. The number of carbonyl (C=O) groups is 1. The highest BCUT2D eigenvalue weighted by molar-refractivity contribution is 14.0. The van der Waals surface area contributed by atoms with Crippen LogP contribution in [-0.4, -0.2) is 79.2 Å². The Hall–Kier alpha value is -0.610. The maximum absolute atomic E-state index is 11.2. The molecule has 0 saturated carbocycles. The Kier molecular flexibility index (Phi) is 9.77. The van der Waals surface area contributed by atoms with E-state index in [-0.39, 0.29) is 47.6 Å². The normalized spacial score (nSPS) is 27.8. The lowest BCUT2D eigenvalue weighted by atomic mass is 9.94. The second-order valence-corrected chi connectivity index (χ2v) is 8.50. The van der Waals surface area contributed by atoms with Crippen molar-refractivity contribution >= 4 is 35.8 Å². The minimum atomic E-state index is -0.212. The van der Waals surface area contributed by atoms with Crippen LogP contribution in [0.15, 0.2) is 4.99 Å². The Bertz CT molecular complexity index is 504. The van der Waals surface area contributed by atoms with Gasteiger partial charge in [0.1, 0.15) is 0 Å². The first-order valence-electron chi connectivity index (χ1n) is 9.85. The van der Waals surface area contributed by atoms with Crippen LogP contribution in [0.25, 0.3) is 0 Å². The average Bonchev–Trinajstić information content (AvgIpc) is 2.54. The third kappa shape index (κ3) is 7.38. The van der Waals surface area contributed by atoms with E-state index >= 15 is 0 Å². The van der Waals surface area contributed by atoms with E-state index < -0.39 is 0 Å². The molecule has 2 aliphatic heterocycles. The number of nitrogens with one attached hydrogen (secondary N) is 1. The van der Waals surface area contributed by atoms with Crippen LogP contribution in [0, 0.1) is 5.92 Å². The fraction of sp³-hybridized carbons (Fsp3) is 0.895. The number of rotatable bonds is 5. The largest absolute Gasteiger partial charge is 0.373 e. The zero-order valence-corrected chi connectivity index (χ0v) is 19.9. The van der Waals surface area contributed by atoms with E-state index in [2.05, 4.69) is 47.8 Å². The van der Waals surface area contributed by atoms with E-state index in [1.165, 1.54) is 0 Å². The van der Waals surface area contributed by atoms with Gasteiger partial charge in [-0.25, -0.2) is 0 Å². The van der Waals surface area contributed by atoms with Crippen molar-refractivity contribution in [3.63, 3.8) is 0 Å². The summed E-state index contributed by atoms with van der Waals surface area (Å²) in [5, 5.41) is 3.56. The van der Waals surface area contributed by atoms with Crippen molar-refractivity contribution in [1.29, 1.82) is 0 Å². The molecule has 8 heteroatoms. The predicted octanol–water partition coefficient (Wildman–Crippen LogP) is 1.65. The molecule has 3 atom stereocenters. The first-order chi connectivity index (χ1) is 12.2. The zero-order valence-electron chi connectivity index (χ0n) is 17.5. The third-order valence-electron chi connectivity index (χ3n) is 5.47. The Morgan fingerprint density at radius 3 is 2.44 bits per heavy atom. The van der Waals surface area contributed by atoms with Crippen molar-refractivity contribution < 1.29 is 9.53 Å². The number of nitrogens with two attached hydrogens (primary N) is 1. The molecule has 2 fully saturated rings. The van der Waals surface area contributed by atoms with Gasteiger partial charge < -0.3 is 20.7 Å². The number of hydrogen-bond acceptors (Lipinski definition) is 4. The quantitative estimate of drug-likeness (QED) is 0.345. The molecule has 0 aromatic heterocycles. The molecule has 0 aromatic rings. The number of nitrogens with zero attached hydrogens (tertiary/aromatic N) is 3. The minimum absolute atomic E-state index is 0. The van der Waals surface area contributed by atoms with Crippen molar-refractivity contribution in [2.75, 3.05) is 39.8 Å². The van der Waals surface area contributed by atoms with Gasteiger partial charge >= 0.3 is 0 Å². The van der Waals surface area contributed by atoms with E-state index in [0.29, 0.717) is 12.3 Å². The highest BCUT2D eigenvalue weighted by Crippen LogP contribution is 2.22. The molecule has 0 bridgehead atoms. The fourth-order valence-electron chi connectivity index (χ4n) is 4.12. The van der Waals surface area contributed by atoms with Gasteiger partial charge in [-0.15, -0.1) is 24.0 Å². The number of guanidine groups is 1. The number of primary amides is 1. The molecule has 0 radical (unpaired) electrons. The lowest BCUT2D eigenvalue weighted by molar-refractivity contribution is -0.119. The third-order valence-corrected chi connectivity index (χ3v) is 5.47. The van der Waals surface area contributed by atoms with Crippen LogP contribution in [-0.2, 0) is 9.53 Å². The SMILES string of the molecule is CN=C(NCC(C)(C)N1CC(C)OC(C)C1)N1CCCC(CC(N)=O)C1.I. The molecule has 1 amide bonds. The van der Waals surface area contributed by atoms with Crippen LogP contribution < -0.4 is 11.1 Å². The molecular weight excluding hydrogens is 457 g/mol. The number of hydrogen-bond donors (Lipinski definition) is 2. The smallest absolute Gasteiger partial charge is 0.217 e. The van der Waals surface area contributed by atoms with Crippen molar-refractivity contribution in [3.05, 3.63) is 0 Å². The van der Waals surface area contributed by atoms with Gasteiger partial charge in [-0.1, -0.05) is 0 Å². The second-order valence-electron chi connectivity index (χ2n) is 8.50. The van der Waals surface area contributed by atoms with Crippen molar-refractivity contribution in [1.82, 2.24) is 15.1 Å². The average molecular weight is 495 g/mol. The van der Waals surface area contributed by atoms with Gasteiger partial charge in [0.15, 0.2) is 5.96 Å². The van der Waals surface area contributed by atoms with E-state index in [9.17, 15) is 4.79 Å². The van der Waals surface area contributed by atoms with Gasteiger partial charge in [-0.3, -0.25) is 14.7 Å². The number of halogens is 1. The number of likely N-dealkylation sites (tertiary alicyclic amines) is 1. The summed E-state index contributed by atoms with van der Waals surface area (Å²) in [5.41, 5.74) is 5.38. The van der Waals surface area contributed by atoms with Crippen molar-refractivity contribution in [3.8, 4) is 0 Å². The molecular formula is C19H38IN5O2. The van der Waals surface area contributed by atoms with Gasteiger partial charge in [-0.05, 0) is 46.5 Å². The monoisotopic (exact) mass is 495 g/mol. The van der Waals surface area contributed by atoms with Crippen LogP contribution in [0.4, 0.5) is 0 Å². The molecule has 2 heterocycles. The molecule has 0 spiro atoms. The van der Waals surface area contributed by atoms with Crippen LogP contribution in [0.5, 0.6) is 0 Å². The van der Waals surface area contributed by atoms with E-state index in [1.54, 1.807) is 0 Å². The van der Waals surface area contributed by atoms with Crippen LogP contribution in [0.3, 0.4) is 0 Å². The lowest BCUT2D eigenvalue weighted by Crippen LogP contribution is -2.60. The summed E-state index contributed by atoms with van der Waals surface area (Å²) in [6, 6.07) is 0. The minimum Gasteiger partial charge on any atom is -0.373 e. The zero-order chi connectivity index (χ0) is 19.3. The van der Waals surface area contributed by atoms with Crippen molar-refractivity contribution in [2.24, 2.45) is 16.6 Å². The number of amides is 1. The number of aliphatic imine (C=N–C) groups is 1. The maximum atomic E-state index is 11.2. The summed E-state index contributed by atoms with van der Waals surface area (Å²) in [5.74, 6) is 1.03. The second kappa shape index (κ2) is 10.8. The topological polar surface area (TPSA) is 83.2 Å². The molecule has 2 saturated heterocycles. The molecule has 158 valence electrons. The van der Waals surface area contributed by atoms with E-state index in [0.717, 1.165) is 51.5 Å². The highest BCUT2D eigenvalue weighted by atomic mass is 127. The Balaban J connectivity index is 0.00000364. The van der Waals surface area contributed by atoms with Gasteiger partial charge in [0.05, 0.1) is 12.2 Å². The standard InChI is InChI=1S/C19H37N5O2.HI/c1-14-10-24(11-15(2)26-14)19(3,4)13-22-18(21-5)23-8-6-7-16(12-23)9-17(20)25;/h14-16H,6-13H2,1-5H3,(H2,20,25)(H,21,22);1H. The number of carbonyl (C=O) groups excluding carboxylic acids is 1. The van der Waals surface area contributed by atoms with Crippen LogP contribution >= 0.6 is 24.0 Å². The molecule has 7 nitrogen and oxygen atoms in total. The number of ether oxygens (including phenoxy) is 1.